The van der Waals surface area contributed by atoms with E-state index >= 15 is 0 Å². The van der Waals surface area contributed by atoms with Gasteiger partial charge in [0.15, 0.2) is 12.4 Å². The van der Waals surface area contributed by atoms with Crippen LogP contribution in [0, 0.1) is 13.8 Å². The van der Waals surface area contributed by atoms with Gasteiger partial charge in [0.2, 0.25) is 0 Å². The molecule has 6 rings (SSSR count). The number of hydrogen-bond donors (Lipinski definition) is 1. The number of fused-ring (bicyclic) bond motifs is 4. The topological polar surface area (TPSA) is 75.5 Å². The van der Waals surface area contributed by atoms with E-state index in [4.69, 9.17) is 4.74 Å². The molecule has 0 radical (unpaired) electrons. The van der Waals surface area contributed by atoms with E-state index in [0.717, 1.165) is 36.7 Å². The van der Waals surface area contributed by atoms with Crippen molar-refractivity contribution in [3.63, 3.8) is 0 Å². The van der Waals surface area contributed by atoms with E-state index in [9.17, 15) is 4.79 Å². The number of H-pyrrole nitrogens is 1. The summed E-state index contributed by atoms with van der Waals surface area (Å²) in [6.07, 6.45) is 7.91. The van der Waals surface area contributed by atoms with Crippen LogP contribution in [0.4, 0.5) is 4.79 Å². The van der Waals surface area contributed by atoms with Gasteiger partial charge in [0.05, 0.1) is 5.69 Å². The molecule has 2 bridgehead atoms. The van der Waals surface area contributed by atoms with Crippen LogP contribution >= 0.6 is 0 Å². The number of carbonyl (C=O) groups is 1. The van der Waals surface area contributed by atoms with Gasteiger partial charge in [-0.15, -0.1) is 10.2 Å². The summed E-state index contributed by atoms with van der Waals surface area (Å²) in [6, 6.07) is 7.48. The number of nitrogens with one attached hydrogen (secondary N) is 1. The Morgan fingerprint density at radius 2 is 1.84 bits per heavy atom. The number of aromatic nitrogens is 4. The summed E-state index contributed by atoms with van der Waals surface area (Å²) in [6.45, 7) is 15.1. The van der Waals surface area contributed by atoms with Crippen molar-refractivity contribution in [2.75, 3.05) is 0 Å². The molecule has 2 atom stereocenters. The number of nitrogens with zero attached hydrogens (tertiary/aromatic N) is 4. The van der Waals surface area contributed by atoms with E-state index in [-0.39, 0.29) is 18.2 Å². The standard InChI is InChI=1S/C30H38BN5O2/c1-17(2)26-23-12-20(31-13-21-9-10-22(14-31)36(21)29(37)38-30(5,6)7)8-11-25(23)33-27(26)24-15-35-16-32-34-28(35)19(4)18(24)3/h8,11-12,15-17,21-22,33H,9-10,13-14H2,1-7H3/t21-,22+. The fraction of sp³-hybridized carbons (Fsp3) is 0.500. The maximum atomic E-state index is 13.0. The van der Waals surface area contributed by atoms with Gasteiger partial charge in [0.1, 0.15) is 11.9 Å². The average Bonchev–Trinajstić information content (AvgIpc) is 3.53. The molecule has 1 amide bonds. The van der Waals surface area contributed by atoms with Gasteiger partial charge < -0.3 is 14.6 Å². The Hall–Kier alpha value is -3.29. The molecule has 3 aromatic heterocycles. The first-order valence-corrected chi connectivity index (χ1v) is 14.0. The lowest BCUT2D eigenvalue weighted by Gasteiger charge is -2.38. The third-order valence-electron chi connectivity index (χ3n) is 8.66. The van der Waals surface area contributed by atoms with Gasteiger partial charge in [-0.3, -0.25) is 4.40 Å². The third-order valence-corrected chi connectivity index (χ3v) is 8.66. The molecule has 2 fully saturated rings. The van der Waals surface area contributed by atoms with E-state index in [1.165, 1.54) is 38.8 Å². The molecule has 38 heavy (non-hydrogen) atoms. The van der Waals surface area contributed by atoms with E-state index in [2.05, 4.69) is 67.3 Å². The van der Waals surface area contributed by atoms with Crippen LogP contribution < -0.4 is 5.46 Å². The molecule has 2 aliphatic rings. The van der Waals surface area contributed by atoms with E-state index in [1.807, 2.05) is 30.1 Å². The number of carbonyl (C=O) groups excluding carboxylic acids is 1. The second-order valence-corrected chi connectivity index (χ2v) is 12.7. The molecule has 7 nitrogen and oxygen atoms in total. The van der Waals surface area contributed by atoms with Crippen molar-refractivity contribution in [2.45, 2.75) is 97.6 Å². The zero-order chi connectivity index (χ0) is 26.9. The minimum absolute atomic E-state index is 0.146. The van der Waals surface area contributed by atoms with Crippen molar-refractivity contribution in [3.05, 3.63) is 47.4 Å². The molecule has 5 heterocycles. The fourth-order valence-corrected chi connectivity index (χ4v) is 6.82. The normalized spacial score (nSPS) is 19.8. The average molecular weight is 511 g/mol. The van der Waals surface area contributed by atoms with Crippen molar-refractivity contribution in [1.29, 1.82) is 0 Å². The fourth-order valence-electron chi connectivity index (χ4n) is 6.82. The monoisotopic (exact) mass is 511 g/mol. The predicted molar refractivity (Wildman–Crippen MR) is 154 cm³/mol. The van der Waals surface area contributed by atoms with E-state index in [0.29, 0.717) is 12.6 Å². The lowest BCUT2D eigenvalue weighted by atomic mass is 9.38. The summed E-state index contributed by atoms with van der Waals surface area (Å²) in [5.41, 5.74) is 9.10. The van der Waals surface area contributed by atoms with Crippen LogP contribution in [0.1, 0.15) is 70.1 Å². The summed E-state index contributed by atoms with van der Waals surface area (Å²) in [7, 11) is 0. The van der Waals surface area contributed by atoms with Crippen molar-refractivity contribution >= 4 is 34.8 Å². The highest BCUT2D eigenvalue weighted by Gasteiger charge is 2.46. The van der Waals surface area contributed by atoms with Crippen LogP contribution in [-0.4, -0.2) is 55.0 Å². The highest BCUT2D eigenvalue weighted by molar-refractivity contribution is 6.74. The Labute approximate surface area is 225 Å². The van der Waals surface area contributed by atoms with Gasteiger partial charge in [-0.05, 0) is 88.8 Å². The highest BCUT2D eigenvalue weighted by atomic mass is 16.6. The first-order chi connectivity index (χ1) is 18.0. The molecule has 4 aromatic rings. The third kappa shape index (κ3) is 4.09. The van der Waals surface area contributed by atoms with Crippen molar-refractivity contribution in [1.82, 2.24) is 24.5 Å². The minimum Gasteiger partial charge on any atom is -0.444 e. The summed E-state index contributed by atoms with van der Waals surface area (Å²) in [5, 5.41) is 9.72. The first-order valence-electron chi connectivity index (χ1n) is 14.0. The lowest BCUT2D eigenvalue weighted by molar-refractivity contribution is 0.0162. The molecule has 8 heteroatoms. The number of amides is 1. The first kappa shape index (κ1) is 25.0. The Morgan fingerprint density at radius 1 is 1.13 bits per heavy atom. The molecule has 0 spiro atoms. The highest BCUT2D eigenvalue weighted by Crippen LogP contribution is 2.40. The van der Waals surface area contributed by atoms with Gasteiger partial charge in [-0.1, -0.05) is 31.4 Å². The van der Waals surface area contributed by atoms with Gasteiger partial charge in [0, 0.05) is 34.7 Å². The van der Waals surface area contributed by atoms with Crippen LogP contribution in [0.25, 0.3) is 27.8 Å². The molecule has 2 aliphatic heterocycles. The van der Waals surface area contributed by atoms with Gasteiger partial charge in [-0.25, -0.2) is 4.79 Å². The van der Waals surface area contributed by atoms with E-state index < -0.39 is 5.60 Å². The largest absolute Gasteiger partial charge is 0.444 e. The molecule has 1 N–H and O–H groups in total. The Balaban J connectivity index is 1.36. The summed E-state index contributed by atoms with van der Waals surface area (Å²) in [5.74, 6) is 0.357. The smallest absolute Gasteiger partial charge is 0.410 e. The second-order valence-electron chi connectivity index (χ2n) is 12.7. The minimum atomic E-state index is -0.465. The van der Waals surface area contributed by atoms with Crippen molar-refractivity contribution in [3.8, 4) is 11.3 Å². The molecule has 1 aromatic carbocycles. The number of rotatable bonds is 3. The Kier molecular flexibility index (Phi) is 5.85. The maximum Gasteiger partial charge on any atom is 0.410 e. The molecular formula is C30H38BN5O2. The van der Waals surface area contributed by atoms with E-state index in [1.54, 1.807) is 6.33 Å². The van der Waals surface area contributed by atoms with Gasteiger partial charge >= 0.3 is 6.09 Å². The molecule has 198 valence electrons. The number of hydrogen-bond acceptors (Lipinski definition) is 4. The van der Waals surface area contributed by atoms with Crippen LogP contribution in [0.3, 0.4) is 0 Å². The summed E-state index contributed by atoms with van der Waals surface area (Å²) < 4.78 is 7.78. The molecule has 2 saturated heterocycles. The zero-order valence-electron chi connectivity index (χ0n) is 23.6. The Bertz CT molecular complexity index is 1530. The molecule has 0 unspecified atom stereocenters. The van der Waals surface area contributed by atoms with Gasteiger partial charge in [0.25, 0.3) is 0 Å². The van der Waals surface area contributed by atoms with Crippen LogP contribution in [0.2, 0.25) is 12.6 Å². The Morgan fingerprint density at radius 3 is 2.50 bits per heavy atom. The van der Waals surface area contributed by atoms with Crippen LogP contribution in [0.15, 0.2) is 30.7 Å². The predicted octanol–water partition coefficient (Wildman–Crippen LogP) is 6.10. The molecule has 0 saturated carbocycles. The van der Waals surface area contributed by atoms with Crippen molar-refractivity contribution < 1.29 is 9.53 Å². The maximum absolute atomic E-state index is 13.0. The van der Waals surface area contributed by atoms with Crippen molar-refractivity contribution in [2.24, 2.45) is 0 Å². The van der Waals surface area contributed by atoms with Gasteiger partial charge in [-0.2, -0.15) is 0 Å². The number of ether oxygens (including phenoxy) is 1. The molecular weight excluding hydrogens is 473 g/mol. The number of aromatic amines is 1. The number of pyridine rings is 1. The molecule has 0 aliphatic carbocycles. The van der Waals surface area contributed by atoms with Crippen LogP contribution in [-0.2, 0) is 4.74 Å². The number of benzene rings is 1. The lowest BCUT2D eigenvalue weighted by Crippen LogP contribution is -2.53. The zero-order valence-corrected chi connectivity index (χ0v) is 23.6. The second kappa shape index (κ2) is 8.89. The quantitative estimate of drug-likeness (QED) is 0.337. The van der Waals surface area contributed by atoms with Crippen LogP contribution in [0.5, 0.6) is 0 Å². The summed E-state index contributed by atoms with van der Waals surface area (Å²) in [4.78, 5) is 18.8. The number of aryl methyl sites for hydroxylation is 1. The SMILES string of the molecule is Cc1c(-c2[nH]c3ccc(B4C[C@H]5CC[C@@H](C4)N5C(=O)OC(C)(C)C)cc3c2C(C)C)cn2cnnc2c1C. The summed E-state index contributed by atoms with van der Waals surface area (Å²) >= 11 is 0.